The van der Waals surface area contributed by atoms with Gasteiger partial charge in [-0.3, -0.25) is 0 Å². The molecule has 188 valence electrons. The molecule has 1 aromatic rings. The number of ether oxygens (including phenoxy) is 1. The van der Waals surface area contributed by atoms with Gasteiger partial charge in [0.2, 0.25) is 0 Å². The number of aliphatic hydroxyl groups excluding tert-OH is 3. The van der Waals surface area contributed by atoms with Gasteiger partial charge < -0.3 is 30.3 Å². The first-order chi connectivity index (χ1) is 15.9. The van der Waals surface area contributed by atoms with Gasteiger partial charge >= 0.3 is 5.97 Å². The predicted molar refractivity (Wildman–Crippen MR) is 126 cm³/mol. The fourth-order valence-corrected chi connectivity index (χ4v) is 7.21. The molecule has 0 bridgehead atoms. The lowest BCUT2D eigenvalue weighted by atomic mass is 9.59. The molecule has 0 amide bonds. The van der Waals surface area contributed by atoms with Crippen molar-refractivity contribution in [1.82, 2.24) is 0 Å². The molecular formula is C27H38O7. The van der Waals surface area contributed by atoms with Gasteiger partial charge in [-0.1, -0.05) is 44.2 Å². The van der Waals surface area contributed by atoms with Gasteiger partial charge in [-0.2, -0.15) is 0 Å². The molecule has 3 fully saturated rings. The van der Waals surface area contributed by atoms with E-state index in [1.54, 1.807) is 30.3 Å². The Hall–Kier alpha value is -1.77. The zero-order valence-corrected chi connectivity index (χ0v) is 20.2. The van der Waals surface area contributed by atoms with Crippen LogP contribution in [0.5, 0.6) is 0 Å². The van der Waals surface area contributed by atoms with E-state index in [0.29, 0.717) is 12.8 Å². The lowest BCUT2D eigenvalue weighted by Gasteiger charge is -2.47. The van der Waals surface area contributed by atoms with Crippen molar-refractivity contribution in [2.75, 3.05) is 6.61 Å². The molecule has 3 saturated carbocycles. The van der Waals surface area contributed by atoms with Crippen molar-refractivity contribution < 1.29 is 35.1 Å². The fourth-order valence-electron chi connectivity index (χ4n) is 7.21. The molecule has 7 heteroatoms. The Morgan fingerprint density at radius 2 is 1.68 bits per heavy atom. The van der Waals surface area contributed by atoms with Gasteiger partial charge in [0.15, 0.2) is 5.60 Å². The summed E-state index contributed by atoms with van der Waals surface area (Å²) in [7, 11) is 0. The van der Waals surface area contributed by atoms with E-state index < -0.39 is 53.9 Å². The maximum absolute atomic E-state index is 12.6. The zero-order valence-electron chi connectivity index (χ0n) is 20.2. The Balaban J connectivity index is 1.74. The predicted octanol–water partition coefficient (Wildman–Crippen LogP) is 1.91. The van der Waals surface area contributed by atoms with Gasteiger partial charge in [-0.15, -0.1) is 0 Å². The zero-order chi connectivity index (χ0) is 25.0. The van der Waals surface area contributed by atoms with Gasteiger partial charge in [-0.05, 0) is 73.8 Å². The first-order valence-corrected chi connectivity index (χ1v) is 12.3. The Kier molecular flexibility index (Phi) is 6.72. The summed E-state index contributed by atoms with van der Waals surface area (Å²) in [6.07, 6.45) is -2.87. The standard InChI is InChI=1S/C27H38O7/c1-14(2)18-10-15(3)21-19(12-18)23(29)26(32,13-34-24(30)17-8-6-5-7-9-17)25(31)27(33)20(21)11-16(4)22(27)28/h5-9,15-16,18-23,25,28-29,31-33H,1,10-13H2,2-4H3/t15-,16+,18-,19?,20?,21?,22+,23+,25-,26+,27-/m1/s1. The van der Waals surface area contributed by atoms with Crippen LogP contribution in [-0.2, 0) is 4.74 Å². The summed E-state index contributed by atoms with van der Waals surface area (Å²) in [5, 5.41) is 57.7. The number of allylic oxidation sites excluding steroid dienone is 1. The Labute approximate surface area is 201 Å². The highest BCUT2D eigenvalue weighted by atomic mass is 16.5. The van der Waals surface area contributed by atoms with E-state index in [0.717, 1.165) is 12.0 Å². The van der Waals surface area contributed by atoms with Crippen LogP contribution in [-0.4, -0.2) is 67.6 Å². The smallest absolute Gasteiger partial charge is 0.338 e. The maximum Gasteiger partial charge on any atom is 0.338 e. The number of fused-ring (bicyclic) bond motifs is 3. The van der Waals surface area contributed by atoms with Crippen molar-refractivity contribution in [3.8, 4) is 0 Å². The van der Waals surface area contributed by atoms with Crippen LogP contribution in [0.25, 0.3) is 0 Å². The van der Waals surface area contributed by atoms with Crippen LogP contribution in [0.3, 0.4) is 0 Å². The lowest BCUT2D eigenvalue weighted by molar-refractivity contribution is -0.244. The van der Waals surface area contributed by atoms with Crippen LogP contribution in [0.15, 0.2) is 42.5 Å². The summed E-state index contributed by atoms with van der Waals surface area (Å²) in [6.45, 7) is 9.20. The number of esters is 1. The van der Waals surface area contributed by atoms with Gasteiger partial charge in [0.1, 0.15) is 18.3 Å². The highest BCUT2D eigenvalue weighted by Gasteiger charge is 2.70. The topological polar surface area (TPSA) is 127 Å². The summed E-state index contributed by atoms with van der Waals surface area (Å²) >= 11 is 0. The summed E-state index contributed by atoms with van der Waals surface area (Å²) in [5.74, 6) is -2.06. The van der Waals surface area contributed by atoms with E-state index in [2.05, 4.69) is 13.5 Å². The van der Waals surface area contributed by atoms with Crippen molar-refractivity contribution in [3.05, 3.63) is 48.0 Å². The third-order valence-corrected chi connectivity index (χ3v) is 9.03. The minimum atomic E-state index is -2.36. The summed E-state index contributed by atoms with van der Waals surface area (Å²) in [4.78, 5) is 12.6. The number of aliphatic hydroxyl groups is 5. The molecular weight excluding hydrogens is 436 g/mol. The normalized spacial score (nSPS) is 46.2. The highest BCUT2D eigenvalue weighted by Crippen LogP contribution is 2.59. The van der Waals surface area contributed by atoms with E-state index in [9.17, 15) is 30.3 Å². The molecule has 5 N–H and O–H groups in total. The van der Waals surface area contributed by atoms with Crippen LogP contribution in [0.2, 0.25) is 0 Å². The lowest BCUT2D eigenvalue weighted by Crippen LogP contribution is -2.67. The monoisotopic (exact) mass is 474 g/mol. The summed E-state index contributed by atoms with van der Waals surface area (Å²) in [6, 6.07) is 8.24. The molecule has 3 aliphatic rings. The van der Waals surface area contributed by atoms with Gasteiger partial charge in [0.05, 0.1) is 17.8 Å². The Morgan fingerprint density at radius 1 is 1.03 bits per heavy atom. The molecule has 1 aromatic carbocycles. The summed E-state index contributed by atoms with van der Waals surface area (Å²) < 4.78 is 5.38. The molecule has 3 aliphatic carbocycles. The number of carbonyl (C=O) groups is 1. The average Bonchev–Trinajstić information content (AvgIpc) is 3.03. The number of benzene rings is 1. The molecule has 0 aromatic heterocycles. The third-order valence-electron chi connectivity index (χ3n) is 9.03. The molecule has 0 heterocycles. The van der Waals surface area contributed by atoms with E-state index in [1.165, 1.54) is 0 Å². The van der Waals surface area contributed by atoms with Crippen molar-refractivity contribution in [2.24, 2.45) is 35.5 Å². The quantitative estimate of drug-likeness (QED) is 0.333. The fraction of sp³-hybridized carbons (Fsp3) is 0.667. The molecule has 34 heavy (non-hydrogen) atoms. The van der Waals surface area contributed by atoms with Gasteiger partial charge in [0, 0.05) is 0 Å². The SMILES string of the molecule is C=C(C)[C@H]1CC2C(C3C[C@H](C)[C@H](O)[C@@]3(O)[C@H](O)[C@](O)(COC(=O)c3ccccc3)[C@H]2O)[C@H](C)C1. The van der Waals surface area contributed by atoms with Crippen molar-refractivity contribution in [1.29, 1.82) is 0 Å². The van der Waals surface area contributed by atoms with Crippen molar-refractivity contribution >= 4 is 5.97 Å². The van der Waals surface area contributed by atoms with Crippen LogP contribution in [0.4, 0.5) is 0 Å². The molecule has 7 nitrogen and oxygen atoms in total. The van der Waals surface area contributed by atoms with E-state index in [1.807, 2.05) is 13.8 Å². The largest absolute Gasteiger partial charge is 0.459 e. The first-order valence-electron chi connectivity index (χ1n) is 12.3. The molecule has 11 atom stereocenters. The second kappa shape index (κ2) is 9.03. The molecule has 0 aliphatic heterocycles. The maximum atomic E-state index is 12.6. The minimum absolute atomic E-state index is 0.0607. The second-order valence-corrected chi connectivity index (χ2v) is 11.2. The number of hydrogen-bond acceptors (Lipinski definition) is 7. The first kappa shape index (κ1) is 25.3. The number of carbonyl (C=O) groups excluding carboxylic acids is 1. The van der Waals surface area contributed by atoms with E-state index in [4.69, 9.17) is 4.74 Å². The molecule has 0 radical (unpaired) electrons. The van der Waals surface area contributed by atoms with E-state index >= 15 is 0 Å². The highest BCUT2D eigenvalue weighted by molar-refractivity contribution is 5.89. The Bertz CT molecular complexity index is 919. The molecule has 3 unspecified atom stereocenters. The van der Waals surface area contributed by atoms with Crippen LogP contribution < -0.4 is 0 Å². The molecule has 4 rings (SSSR count). The van der Waals surface area contributed by atoms with Gasteiger partial charge in [0.25, 0.3) is 0 Å². The van der Waals surface area contributed by atoms with Gasteiger partial charge in [-0.25, -0.2) is 4.79 Å². The van der Waals surface area contributed by atoms with Crippen molar-refractivity contribution in [2.45, 2.75) is 69.5 Å². The second-order valence-electron chi connectivity index (χ2n) is 11.2. The minimum Gasteiger partial charge on any atom is -0.459 e. The molecule has 0 saturated heterocycles. The summed E-state index contributed by atoms with van der Waals surface area (Å²) in [5.41, 5.74) is -3.16. The van der Waals surface area contributed by atoms with Crippen LogP contribution in [0, 0.1) is 35.5 Å². The van der Waals surface area contributed by atoms with E-state index in [-0.39, 0.29) is 29.2 Å². The van der Waals surface area contributed by atoms with Crippen LogP contribution >= 0.6 is 0 Å². The van der Waals surface area contributed by atoms with Crippen LogP contribution in [0.1, 0.15) is 50.4 Å². The third kappa shape index (κ3) is 3.82. The Morgan fingerprint density at radius 3 is 2.29 bits per heavy atom. The average molecular weight is 475 g/mol. The van der Waals surface area contributed by atoms with Crippen molar-refractivity contribution in [3.63, 3.8) is 0 Å². The number of hydrogen-bond donors (Lipinski definition) is 5. The number of rotatable bonds is 4. The molecule has 0 spiro atoms.